The smallest absolute Gasteiger partial charge is 0.0771 e. The molecule has 0 fully saturated rings. The van der Waals surface area contributed by atoms with E-state index in [-0.39, 0.29) is 39.7 Å². The second-order valence-electron chi connectivity index (χ2n) is 9.85. The first-order valence-corrected chi connectivity index (χ1v) is 17.3. The minimum atomic E-state index is 0. The Labute approximate surface area is 284 Å². The molecule has 0 atom stereocenters. The summed E-state index contributed by atoms with van der Waals surface area (Å²) in [4.78, 5) is 0. The number of aryl methyl sites for hydroxylation is 1. The van der Waals surface area contributed by atoms with Gasteiger partial charge >= 0.3 is 30.2 Å². The molecule has 0 aromatic heterocycles. The van der Waals surface area contributed by atoms with Crippen LogP contribution < -0.4 is 0 Å². The summed E-state index contributed by atoms with van der Waals surface area (Å²) in [7, 11) is 0. The van der Waals surface area contributed by atoms with E-state index in [4.69, 9.17) is 0 Å². The molecule has 8 aromatic carbocycles. The molecule has 216 valence electrons. The molecule has 0 aliphatic heterocycles. The van der Waals surface area contributed by atoms with Gasteiger partial charge in [0.2, 0.25) is 0 Å². The monoisotopic (exact) mass is 690 g/mol. The predicted molar refractivity (Wildman–Crippen MR) is 195 cm³/mol. The predicted octanol–water partition coefficient (Wildman–Crippen LogP) is 11.9. The molecule has 0 saturated heterocycles. The van der Waals surface area contributed by atoms with E-state index in [0.29, 0.717) is 0 Å². The average Bonchev–Trinajstić information content (AvgIpc) is 3.58. The molecule has 0 saturated carbocycles. The molecule has 0 N–H and O–H groups in total. The van der Waals surface area contributed by atoms with E-state index < -0.39 is 0 Å². The molecular weight excluding hydrogens is 659 g/mol. The van der Waals surface area contributed by atoms with Crippen LogP contribution >= 0.6 is 24.8 Å². The first-order chi connectivity index (χ1) is 19.3. The minimum Gasteiger partial charge on any atom is -0.126 e. The fraction of sp³-hybridized carbons (Fsp3) is 0.0256. The summed E-state index contributed by atoms with van der Waals surface area (Å²) in [6, 6.07) is 50.2. The van der Waals surface area contributed by atoms with Crippen LogP contribution in [0, 0.1) is 21.8 Å². The van der Waals surface area contributed by atoms with Gasteiger partial charge in [-0.1, -0.05) is 103 Å². The number of benzene rings is 6. The SMILES string of the molecule is Cc1cc2c(-c3cc4ccccc4c4ccccc34)cccc2[cH-]1.Cl.Cl.[CH3-].[CH3-].[Si]=[Zr].c1ccc2c(c1)[cH-]c1ccccc12. The van der Waals surface area contributed by atoms with E-state index in [0.717, 1.165) is 0 Å². The standard InChI is InChI=1S/C24H17.C13H9.2CH3.2ClH.Si.Zr/c1-16-13-17-8-6-12-22(23(17)14-16)24-15-18-7-2-3-9-19(18)20-10-4-5-11-21(20)24;1-3-7-12-10(5-1)9-11-6-2-4-8-13(11)12;;;;;;/h2-15H,1H3;1-9H;2*1H3;2*1H;;/q4*-1;;;;. The molecule has 0 aliphatic rings. The van der Waals surface area contributed by atoms with Crippen molar-refractivity contribution in [3.8, 4) is 11.1 Å². The fourth-order valence-corrected chi connectivity index (χ4v) is 5.80. The van der Waals surface area contributed by atoms with Crippen LogP contribution in [0.15, 0.2) is 140 Å². The van der Waals surface area contributed by atoms with Gasteiger partial charge in [-0.25, -0.2) is 0 Å². The van der Waals surface area contributed by atoms with E-state index in [1.807, 2.05) is 0 Å². The Balaban J connectivity index is 0.000000293. The van der Waals surface area contributed by atoms with Gasteiger partial charge < -0.3 is 14.9 Å². The molecule has 0 aliphatic carbocycles. The van der Waals surface area contributed by atoms with Gasteiger partial charge in [0.1, 0.15) is 0 Å². The molecule has 0 bridgehead atoms. The Bertz CT molecular complexity index is 2040. The molecule has 0 spiro atoms. The van der Waals surface area contributed by atoms with Crippen molar-refractivity contribution in [3.63, 3.8) is 0 Å². The van der Waals surface area contributed by atoms with Crippen LogP contribution in [0.1, 0.15) is 5.56 Å². The zero-order chi connectivity index (χ0) is 26.8. The number of fused-ring (bicyclic) bond motifs is 7. The van der Waals surface area contributed by atoms with Crippen LogP contribution in [-0.4, -0.2) is 6.88 Å². The van der Waals surface area contributed by atoms with Crippen molar-refractivity contribution in [2.24, 2.45) is 0 Å². The summed E-state index contributed by atoms with van der Waals surface area (Å²) in [6.07, 6.45) is 0. The molecular formula is C39H34Cl2SiZr-4. The third-order valence-corrected chi connectivity index (χ3v) is 7.48. The van der Waals surface area contributed by atoms with Crippen molar-refractivity contribution in [2.75, 3.05) is 0 Å². The maximum Gasteiger partial charge on any atom is -0.0771 e. The third kappa shape index (κ3) is 7.05. The van der Waals surface area contributed by atoms with Crippen molar-refractivity contribution in [1.82, 2.24) is 0 Å². The van der Waals surface area contributed by atoms with Crippen molar-refractivity contribution >= 4 is 85.6 Å². The van der Waals surface area contributed by atoms with Gasteiger partial charge in [0.05, 0.1) is 0 Å². The van der Waals surface area contributed by atoms with Crippen molar-refractivity contribution in [1.29, 1.82) is 0 Å². The summed E-state index contributed by atoms with van der Waals surface area (Å²) in [5.74, 6) is 0. The first kappa shape index (κ1) is 36.2. The quantitative estimate of drug-likeness (QED) is 0.0913. The molecule has 8 aromatic rings. The van der Waals surface area contributed by atoms with Crippen LogP contribution in [0.3, 0.4) is 0 Å². The van der Waals surface area contributed by atoms with Gasteiger partial charge in [0, 0.05) is 0 Å². The molecule has 0 amide bonds. The summed E-state index contributed by atoms with van der Waals surface area (Å²) >= 11 is 1.36. The Morgan fingerprint density at radius 1 is 0.442 bits per heavy atom. The molecule has 0 nitrogen and oxygen atoms in total. The van der Waals surface area contributed by atoms with Crippen LogP contribution in [0.5, 0.6) is 0 Å². The summed E-state index contributed by atoms with van der Waals surface area (Å²) in [5, 5.41) is 13.3. The first-order valence-electron chi connectivity index (χ1n) is 13.1. The fourth-order valence-electron chi connectivity index (χ4n) is 5.80. The van der Waals surface area contributed by atoms with Gasteiger partial charge in [0.25, 0.3) is 0 Å². The van der Waals surface area contributed by atoms with Crippen molar-refractivity contribution in [2.45, 2.75) is 6.92 Å². The summed E-state index contributed by atoms with van der Waals surface area (Å²) < 4.78 is 0. The number of rotatable bonds is 1. The van der Waals surface area contributed by atoms with E-state index in [1.54, 1.807) is 0 Å². The molecule has 0 heterocycles. The Morgan fingerprint density at radius 2 is 0.907 bits per heavy atom. The van der Waals surface area contributed by atoms with E-state index >= 15 is 0 Å². The number of halogens is 2. The normalized spacial score (nSPS) is 9.86. The van der Waals surface area contributed by atoms with Crippen molar-refractivity contribution in [3.05, 3.63) is 160 Å². The number of hydrogen-bond acceptors (Lipinski definition) is 0. The maximum atomic E-state index is 3.06. The van der Waals surface area contributed by atoms with Crippen molar-refractivity contribution < 1.29 is 23.3 Å². The maximum absolute atomic E-state index is 3.06. The Morgan fingerprint density at radius 3 is 1.53 bits per heavy atom. The topological polar surface area (TPSA) is 0 Å². The molecule has 2 radical (unpaired) electrons. The number of hydrogen-bond donors (Lipinski definition) is 0. The van der Waals surface area contributed by atoms with Gasteiger partial charge in [-0.05, 0) is 33.2 Å². The van der Waals surface area contributed by atoms with Gasteiger partial charge in [-0.15, -0.1) is 99.1 Å². The molecule has 43 heavy (non-hydrogen) atoms. The second kappa shape index (κ2) is 16.2. The van der Waals surface area contributed by atoms with E-state index in [1.165, 1.54) is 93.9 Å². The summed E-state index contributed by atoms with van der Waals surface area (Å²) in [6.45, 7) is 5.23. The zero-order valence-corrected chi connectivity index (χ0v) is 29.7. The minimum absolute atomic E-state index is 0. The van der Waals surface area contributed by atoms with Gasteiger partial charge in [0.15, 0.2) is 0 Å². The molecule has 4 heteroatoms. The van der Waals surface area contributed by atoms with Gasteiger partial charge in [-0.3, -0.25) is 0 Å². The Kier molecular flexibility index (Phi) is 13.6. The largest absolute Gasteiger partial charge is 0.126 e. The van der Waals surface area contributed by atoms with E-state index in [2.05, 4.69) is 153 Å². The Hall–Kier alpha value is -3.00. The third-order valence-electron chi connectivity index (χ3n) is 7.48. The zero-order valence-electron chi connectivity index (χ0n) is 24.6. The van der Waals surface area contributed by atoms with Gasteiger partial charge in [-0.2, -0.15) is 6.07 Å². The van der Waals surface area contributed by atoms with Crippen LogP contribution in [0.25, 0.3) is 65.0 Å². The van der Waals surface area contributed by atoms with Crippen LogP contribution in [0.2, 0.25) is 0 Å². The average molecular weight is 693 g/mol. The molecule has 0 unspecified atom stereocenters. The van der Waals surface area contributed by atoms with E-state index in [9.17, 15) is 0 Å². The van der Waals surface area contributed by atoms with Crippen LogP contribution in [-0.2, 0) is 23.3 Å². The van der Waals surface area contributed by atoms with Crippen LogP contribution in [0.4, 0.5) is 0 Å². The summed E-state index contributed by atoms with van der Waals surface area (Å²) in [5.41, 5.74) is 3.96. The molecule has 8 rings (SSSR count). The second-order valence-corrected chi connectivity index (χ2v) is 9.85.